The Morgan fingerprint density at radius 3 is 3.07 bits per heavy atom. The van der Waals surface area contributed by atoms with Gasteiger partial charge in [0.15, 0.2) is 0 Å². The molecule has 1 heterocycles. The second kappa shape index (κ2) is 5.48. The first-order chi connectivity index (χ1) is 6.63. The zero-order valence-corrected chi connectivity index (χ0v) is 9.92. The molecule has 0 bridgehead atoms. The first kappa shape index (κ1) is 11.7. The van der Waals surface area contributed by atoms with E-state index in [2.05, 4.69) is 25.9 Å². The fourth-order valence-corrected chi connectivity index (χ4v) is 1.26. The molecule has 1 aromatic rings. The lowest BCUT2D eigenvalue weighted by Crippen LogP contribution is -2.14. The predicted octanol–water partition coefficient (Wildman–Crippen LogP) is 2.04. The molecule has 0 amide bonds. The molecule has 0 saturated carbocycles. The number of aliphatic hydroxyl groups excluding tert-OH is 1. The molecule has 0 fully saturated rings. The Hall–Kier alpha value is -0.390. The van der Waals surface area contributed by atoms with Gasteiger partial charge in [0.25, 0.3) is 0 Å². The summed E-state index contributed by atoms with van der Waals surface area (Å²) >= 11 is 8.84. The summed E-state index contributed by atoms with van der Waals surface area (Å²) in [7, 11) is 0. The van der Waals surface area contributed by atoms with Crippen molar-refractivity contribution in [2.24, 2.45) is 0 Å². The summed E-state index contributed by atoms with van der Waals surface area (Å²) in [6, 6.07) is 0. The van der Waals surface area contributed by atoms with Gasteiger partial charge in [-0.1, -0.05) is 0 Å². The van der Waals surface area contributed by atoms with E-state index in [4.69, 9.17) is 21.4 Å². The zero-order valence-electron chi connectivity index (χ0n) is 7.57. The van der Waals surface area contributed by atoms with Crippen LogP contribution in [0.1, 0.15) is 13.3 Å². The summed E-state index contributed by atoms with van der Waals surface area (Å²) in [6.07, 6.45) is 1.96. The van der Waals surface area contributed by atoms with Gasteiger partial charge < -0.3 is 9.84 Å². The van der Waals surface area contributed by atoms with Crippen LogP contribution in [-0.2, 0) is 0 Å². The van der Waals surface area contributed by atoms with Gasteiger partial charge >= 0.3 is 0 Å². The highest BCUT2D eigenvalue weighted by atomic mass is 79.9. The normalized spacial score (nSPS) is 12.6. The third-order valence-electron chi connectivity index (χ3n) is 1.53. The summed E-state index contributed by atoms with van der Waals surface area (Å²) < 4.78 is 6.07. The van der Waals surface area contributed by atoms with Crippen LogP contribution in [0, 0.1) is 0 Å². The van der Waals surface area contributed by atoms with Gasteiger partial charge in [-0.3, -0.25) is 0 Å². The van der Waals surface area contributed by atoms with Crippen molar-refractivity contribution in [3.05, 3.63) is 16.0 Å². The van der Waals surface area contributed by atoms with Crippen molar-refractivity contribution in [3.63, 3.8) is 0 Å². The molecule has 1 unspecified atom stereocenters. The Morgan fingerprint density at radius 1 is 1.71 bits per heavy atom. The molecule has 0 aromatic carbocycles. The maximum absolute atomic E-state index is 8.69. The molecule has 6 heteroatoms. The SMILES string of the molecule is CC(CCO)Oc1nc(Cl)ncc1Br. The number of nitrogens with zero attached hydrogens (tertiary/aromatic N) is 2. The minimum atomic E-state index is -0.109. The van der Waals surface area contributed by atoms with E-state index in [1.54, 1.807) is 0 Å². The van der Waals surface area contributed by atoms with E-state index >= 15 is 0 Å². The molecule has 4 nitrogen and oxygen atoms in total. The van der Waals surface area contributed by atoms with E-state index < -0.39 is 0 Å². The third-order valence-corrected chi connectivity index (χ3v) is 2.26. The van der Waals surface area contributed by atoms with E-state index in [1.165, 1.54) is 6.20 Å². The topological polar surface area (TPSA) is 55.2 Å². The number of rotatable bonds is 4. The van der Waals surface area contributed by atoms with Gasteiger partial charge in [-0.25, -0.2) is 4.98 Å². The highest BCUT2D eigenvalue weighted by Crippen LogP contribution is 2.23. The molecule has 1 N–H and O–H groups in total. The van der Waals surface area contributed by atoms with Gasteiger partial charge in [0.2, 0.25) is 11.2 Å². The number of aromatic nitrogens is 2. The first-order valence-corrected chi connectivity index (χ1v) is 5.26. The molecule has 0 aliphatic heterocycles. The van der Waals surface area contributed by atoms with Crippen molar-refractivity contribution < 1.29 is 9.84 Å². The largest absolute Gasteiger partial charge is 0.474 e. The van der Waals surface area contributed by atoms with Gasteiger partial charge in [-0.15, -0.1) is 0 Å². The molecular formula is C8H10BrClN2O2. The molecule has 1 atom stereocenters. The number of halogens is 2. The molecule has 1 aromatic heterocycles. The molecule has 14 heavy (non-hydrogen) atoms. The second-order valence-electron chi connectivity index (χ2n) is 2.73. The Kier molecular flexibility index (Phi) is 4.57. The number of aliphatic hydroxyl groups is 1. The van der Waals surface area contributed by atoms with E-state index in [1.807, 2.05) is 6.92 Å². The van der Waals surface area contributed by atoms with Gasteiger partial charge in [0.05, 0.1) is 10.6 Å². The van der Waals surface area contributed by atoms with Crippen LogP contribution < -0.4 is 4.74 Å². The van der Waals surface area contributed by atoms with Crippen LogP contribution in [0.4, 0.5) is 0 Å². The summed E-state index contributed by atoms with van der Waals surface area (Å²) in [5, 5.41) is 8.83. The Labute approximate surface area is 95.4 Å². The summed E-state index contributed by atoms with van der Waals surface area (Å²) in [4.78, 5) is 7.67. The van der Waals surface area contributed by atoms with Crippen molar-refractivity contribution in [2.45, 2.75) is 19.4 Å². The fourth-order valence-electron chi connectivity index (χ4n) is 0.845. The monoisotopic (exact) mass is 280 g/mol. The van der Waals surface area contributed by atoms with Gasteiger partial charge in [-0.05, 0) is 34.5 Å². The minimum Gasteiger partial charge on any atom is -0.474 e. The quantitative estimate of drug-likeness (QED) is 0.858. The van der Waals surface area contributed by atoms with Crippen LogP contribution in [0.2, 0.25) is 5.28 Å². The molecular weight excluding hydrogens is 271 g/mol. The van der Waals surface area contributed by atoms with E-state index in [0.717, 1.165) is 0 Å². The van der Waals surface area contributed by atoms with E-state index in [0.29, 0.717) is 16.8 Å². The zero-order chi connectivity index (χ0) is 10.6. The standard InChI is InChI=1S/C8H10BrClN2O2/c1-5(2-3-13)14-7-6(9)4-11-8(10)12-7/h4-5,13H,2-3H2,1H3. The minimum absolute atomic E-state index is 0.0810. The van der Waals surface area contributed by atoms with Crippen LogP contribution in [0.3, 0.4) is 0 Å². The molecule has 78 valence electrons. The average molecular weight is 282 g/mol. The van der Waals surface area contributed by atoms with Gasteiger partial charge in [0.1, 0.15) is 0 Å². The van der Waals surface area contributed by atoms with Crippen LogP contribution in [-0.4, -0.2) is 27.8 Å². The Morgan fingerprint density at radius 2 is 2.43 bits per heavy atom. The highest BCUT2D eigenvalue weighted by molar-refractivity contribution is 9.10. The first-order valence-electron chi connectivity index (χ1n) is 4.09. The molecule has 0 radical (unpaired) electrons. The number of hydrogen-bond acceptors (Lipinski definition) is 4. The molecule has 0 aliphatic rings. The Bertz CT molecular complexity index is 311. The van der Waals surface area contributed by atoms with Crippen molar-refractivity contribution in [1.29, 1.82) is 0 Å². The lowest BCUT2D eigenvalue weighted by Gasteiger charge is -2.13. The van der Waals surface area contributed by atoms with Crippen molar-refractivity contribution in [1.82, 2.24) is 9.97 Å². The summed E-state index contributed by atoms with van der Waals surface area (Å²) in [5.74, 6) is 0.394. The highest BCUT2D eigenvalue weighted by Gasteiger charge is 2.09. The Balaban J connectivity index is 2.70. The summed E-state index contributed by atoms with van der Waals surface area (Å²) in [5.41, 5.74) is 0. The van der Waals surface area contributed by atoms with Crippen molar-refractivity contribution in [3.8, 4) is 5.88 Å². The summed E-state index contributed by atoms with van der Waals surface area (Å²) in [6.45, 7) is 1.93. The van der Waals surface area contributed by atoms with Gasteiger partial charge in [-0.2, -0.15) is 4.98 Å². The number of ether oxygens (including phenoxy) is 1. The van der Waals surface area contributed by atoms with E-state index in [9.17, 15) is 0 Å². The van der Waals surface area contributed by atoms with E-state index in [-0.39, 0.29) is 18.0 Å². The smallest absolute Gasteiger partial charge is 0.232 e. The maximum Gasteiger partial charge on any atom is 0.232 e. The average Bonchev–Trinajstić information content (AvgIpc) is 2.12. The van der Waals surface area contributed by atoms with Crippen LogP contribution in [0.25, 0.3) is 0 Å². The van der Waals surface area contributed by atoms with Crippen LogP contribution >= 0.6 is 27.5 Å². The van der Waals surface area contributed by atoms with Gasteiger partial charge in [0, 0.05) is 19.2 Å². The lowest BCUT2D eigenvalue weighted by atomic mass is 10.3. The van der Waals surface area contributed by atoms with Crippen molar-refractivity contribution >= 4 is 27.5 Å². The maximum atomic E-state index is 8.69. The second-order valence-corrected chi connectivity index (χ2v) is 3.93. The molecule has 0 saturated heterocycles. The number of hydrogen-bond donors (Lipinski definition) is 1. The predicted molar refractivity (Wildman–Crippen MR) is 56.5 cm³/mol. The molecule has 0 aliphatic carbocycles. The fraction of sp³-hybridized carbons (Fsp3) is 0.500. The molecule has 1 rings (SSSR count). The third kappa shape index (κ3) is 3.40. The van der Waals surface area contributed by atoms with Crippen molar-refractivity contribution in [2.75, 3.05) is 6.61 Å². The van der Waals surface area contributed by atoms with Crippen LogP contribution in [0.5, 0.6) is 5.88 Å². The molecule has 0 spiro atoms. The lowest BCUT2D eigenvalue weighted by molar-refractivity contribution is 0.162. The van der Waals surface area contributed by atoms with Crippen LogP contribution in [0.15, 0.2) is 10.7 Å².